The lowest BCUT2D eigenvalue weighted by atomic mass is 9.46. The Morgan fingerprint density at radius 1 is 1.37 bits per heavy atom. The molecule has 6 atom stereocenters. The van der Waals surface area contributed by atoms with Crippen molar-refractivity contribution in [1.82, 2.24) is 0 Å². The third-order valence-corrected chi connectivity index (χ3v) is 7.78. The van der Waals surface area contributed by atoms with Crippen molar-refractivity contribution >= 4 is 11.9 Å². The van der Waals surface area contributed by atoms with Crippen molar-refractivity contribution in [3.8, 4) is 0 Å². The quantitative estimate of drug-likeness (QED) is 0.405. The first kappa shape index (κ1) is 22.8. The molecule has 0 aromatic rings. The number of fused-ring (bicyclic) bond motifs is 1. The van der Waals surface area contributed by atoms with Crippen LogP contribution in [-0.4, -0.2) is 47.6 Å². The molecule has 3 rings (SSSR count). The van der Waals surface area contributed by atoms with Gasteiger partial charge in [-0.05, 0) is 56.3 Å². The molecule has 0 amide bonds. The summed E-state index contributed by atoms with van der Waals surface area (Å²) in [7, 11) is 0. The second-order valence-corrected chi connectivity index (χ2v) is 9.45. The molecule has 6 nitrogen and oxygen atoms in total. The van der Waals surface area contributed by atoms with Crippen molar-refractivity contribution in [2.45, 2.75) is 65.1 Å². The largest absolute Gasteiger partial charge is 0.458 e. The first-order valence-electron chi connectivity index (χ1n) is 10.8. The topological polar surface area (TPSA) is 93.1 Å². The molecule has 166 valence electrons. The van der Waals surface area contributed by atoms with Crippen LogP contribution in [0.2, 0.25) is 0 Å². The number of carbonyl (C=O) groups is 2. The summed E-state index contributed by atoms with van der Waals surface area (Å²) >= 11 is 0. The zero-order valence-electron chi connectivity index (χ0n) is 18.2. The van der Waals surface area contributed by atoms with E-state index in [4.69, 9.17) is 9.47 Å². The van der Waals surface area contributed by atoms with Crippen LogP contribution in [0.3, 0.4) is 0 Å². The number of aliphatic hydroxyl groups excluding tert-OH is 2. The number of hydrogen-bond acceptors (Lipinski definition) is 6. The van der Waals surface area contributed by atoms with Crippen molar-refractivity contribution < 1.29 is 29.3 Å². The number of cyclic esters (lactones) is 1. The smallest absolute Gasteiger partial charge is 0.337 e. The Balaban J connectivity index is 1.84. The molecule has 1 saturated heterocycles. The van der Waals surface area contributed by atoms with E-state index in [1.807, 2.05) is 13.0 Å². The van der Waals surface area contributed by atoms with Gasteiger partial charge in [-0.2, -0.15) is 0 Å². The predicted octanol–water partition coefficient (Wildman–Crippen LogP) is 3.09. The van der Waals surface area contributed by atoms with Gasteiger partial charge in [0.25, 0.3) is 0 Å². The fraction of sp³-hybridized carbons (Fsp3) is 0.667. The van der Waals surface area contributed by atoms with E-state index >= 15 is 0 Å². The summed E-state index contributed by atoms with van der Waals surface area (Å²) in [6.45, 7) is 10.2. The van der Waals surface area contributed by atoms with Crippen LogP contribution < -0.4 is 0 Å². The maximum absolute atomic E-state index is 12.2. The maximum atomic E-state index is 12.2. The van der Waals surface area contributed by atoms with Crippen molar-refractivity contribution in [2.75, 3.05) is 13.2 Å². The van der Waals surface area contributed by atoms with Crippen LogP contribution in [0, 0.1) is 22.7 Å². The Morgan fingerprint density at radius 3 is 2.77 bits per heavy atom. The molecule has 0 aromatic carbocycles. The van der Waals surface area contributed by atoms with E-state index in [-0.39, 0.29) is 30.5 Å². The zero-order chi connectivity index (χ0) is 22.1. The Kier molecular flexibility index (Phi) is 6.58. The minimum atomic E-state index is -0.697. The van der Waals surface area contributed by atoms with Gasteiger partial charge in [0.05, 0.1) is 18.3 Å². The SMILES string of the molecule is C=C1CC[C@@H]2[C@](C)(CO)[C@H](O)CC[C@@]2(C)[C@@H]1C/C=C1/C(=O)OC[C@H]1OC(=O)/C=C/C. The summed E-state index contributed by atoms with van der Waals surface area (Å²) in [4.78, 5) is 24.1. The molecule has 6 heteroatoms. The van der Waals surface area contributed by atoms with Gasteiger partial charge in [-0.3, -0.25) is 0 Å². The number of carbonyl (C=O) groups excluding carboxylic acids is 2. The molecular weight excluding hydrogens is 384 g/mol. The van der Waals surface area contributed by atoms with Crippen LogP contribution >= 0.6 is 0 Å². The number of esters is 2. The first-order valence-corrected chi connectivity index (χ1v) is 10.8. The summed E-state index contributed by atoms with van der Waals surface area (Å²) < 4.78 is 10.5. The fourth-order valence-electron chi connectivity index (χ4n) is 5.96. The lowest BCUT2D eigenvalue weighted by Gasteiger charge is -2.59. The van der Waals surface area contributed by atoms with Gasteiger partial charge in [-0.1, -0.05) is 38.2 Å². The van der Waals surface area contributed by atoms with Crippen LogP contribution in [0.25, 0.3) is 0 Å². The van der Waals surface area contributed by atoms with Gasteiger partial charge >= 0.3 is 11.9 Å². The highest BCUT2D eigenvalue weighted by molar-refractivity contribution is 5.93. The van der Waals surface area contributed by atoms with Gasteiger partial charge in [-0.25, -0.2) is 9.59 Å². The highest BCUT2D eigenvalue weighted by Gasteiger charge is 2.57. The van der Waals surface area contributed by atoms with Gasteiger partial charge < -0.3 is 19.7 Å². The van der Waals surface area contributed by atoms with E-state index in [9.17, 15) is 19.8 Å². The second-order valence-electron chi connectivity index (χ2n) is 9.45. The third-order valence-electron chi connectivity index (χ3n) is 7.78. The standard InChI is InChI=1S/C24H34O6/c1-5-6-21(27)30-18-13-29-22(28)16(18)8-9-17-15(2)7-10-19-23(17,3)12-11-20(26)24(19,4)14-25/h5-6,8,17-20,25-26H,2,7,9-14H2,1,3-4H3/b6-5+,16-8+/t17-,18-,19+,20-,23+,24+/m1/s1. The van der Waals surface area contributed by atoms with Crippen molar-refractivity contribution in [2.24, 2.45) is 22.7 Å². The zero-order valence-corrected chi connectivity index (χ0v) is 18.2. The minimum Gasteiger partial charge on any atom is -0.458 e. The molecule has 2 saturated carbocycles. The third kappa shape index (κ3) is 3.87. The monoisotopic (exact) mass is 418 g/mol. The second kappa shape index (κ2) is 8.67. The normalized spacial score (nSPS) is 40.5. The van der Waals surface area contributed by atoms with E-state index < -0.39 is 29.6 Å². The van der Waals surface area contributed by atoms with Crippen LogP contribution in [0.1, 0.15) is 52.9 Å². The molecule has 1 aliphatic heterocycles. The lowest BCUT2D eigenvalue weighted by Crippen LogP contribution is -2.57. The summed E-state index contributed by atoms with van der Waals surface area (Å²) in [6.07, 6.45) is 7.32. The van der Waals surface area contributed by atoms with Crippen LogP contribution in [0.15, 0.2) is 36.0 Å². The van der Waals surface area contributed by atoms with Gasteiger partial charge in [0.1, 0.15) is 6.61 Å². The summed E-state index contributed by atoms with van der Waals surface area (Å²) in [6, 6.07) is 0. The van der Waals surface area contributed by atoms with Crippen LogP contribution in [-0.2, 0) is 19.1 Å². The Hall–Kier alpha value is -1.92. The molecule has 0 bridgehead atoms. The number of ether oxygens (including phenoxy) is 2. The predicted molar refractivity (Wildman–Crippen MR) is 112 cm³/mol. The molecule has 3 aliphatic rings. The average Bonchev–Trinajstić information content (AvgIpc) is 3.04. The molecule has 2 N–H and O–H groups in total. The molecule has 2 aliphatic carbocycles. The average molecular weight is 419 g/mol. The highest BCUT2D eigenvalue weighted by atomic mass is 16.6. The minimum absolute atomic E-state index is 0.0360. The molecule has 0 aromatic heterocycles. The molecule has 0 radical (unpaired) electrons. The van der Waals surface area contributed by atoms with Gasteiger partial charge in [0.2, 0.25) is 0 Å². The van der Waals surface area contributed by atoms with E-state index in [0.29, 0.717) is 18.4 Å². The summed E-state index contributed by atoms with van der Waals surface area (Å²) in [5.74, 6) is -0.676. The van der Waals surface area contributed by atoms with E-state index in [2.05, 4.69) is 13.5 Å². The van der Waals surface area contributed by atoms with Crippen LogP contribution in [0.5, 0.6) is 0 Å². The Bertz CT molecular complexity index is 768. The fourth-order valence-corrected chi connectivity index (χ4v) is 5.96. The molecular formula is C24H34O6. The Labute approximate surface area is 178 Å². The number of rotatable bonds is 5. The van der Waals surface area contributed by atoms with E-state index in [1.165, 1.54) is 6.08 Å². The molecule has 3 fully saturated rings. The number of hydrogen-bond donors (Lipinski definition) is 2. The summed E-state index contributed by atoms with van der Waals surface area (Å²) in [5.41, 5.74) is 0.835. The van der Waals surface area contributed by atoms with Crippen LogP contribution in [0.4, 0.5) is 0 Å². The number of aliphatic hydroxyl groups is 2. The van der Waals surface area contributed by atoms with Crippen molar-refractivity contribution in [3.05, 3.63) is 36.0 Å². The first-order chi connectivity index (χ1) is 14.2. The lowest BCUT2D eigenvalue weighted by molar-refractivity contribution is -0.151. The molecule has 30 heavy (non-hydrogen) atoms. The molecule has 0 unspecified atom stereocenters. The molecule has 0 spiro atoms. The van der Waals surface area contributed by atoms with E-state index in [0.717, 1.165) is 24.8 Å². The van der Waals surface area contributed by atoms with Gasteiger partial charge in [0, 0.05) is 11.5 Å². The Morgan fingerprint density at radius 2 is 2.10 bits per heavy atom. The number of allylic oxidation sites excluding steroid dienone is 3. The van der Waals surface area contributed by atoms with Crippen molar-refractivity contribution in [1.29, 1.82) is 0 Å². The summed E-state index contributed by atoms with van der Waals surface area (Å²) in [5, 5.41) is 20.7. The van der Waals surface area contributed by atoms with Gasteiger partial charge in [0.15, 0.2) is 6.10 Å². The molecule has 1 heterocycles. The highest BCUT2D eigenvalue weighted by Crippen LogP contribution is 2.61. The van der Waals surface area contributed by atoms with Crippen molar-refractivity contribution in [3.63, 3.8) is 0 Å². The van der Waals surface area contributed by atoms with Gasteiger partial charge in [-0.15, -0.1) is 0 Å². The van der Waals surface area contributed by atoms with E-state index in [1.54, 1.807) is 13.0 Å². The maximum Gasteiger partial charge on any atom is 0.337 e.